The number of nitrogens with one attached hydrogen (secondary N) is 2. The Balaban J connectivity index is 0.00000338. The van der Waals surface area contributed by atoms with E-state index in [-0.39, 0.29) is 36.5 Å². The van der Waals surface area contributed by atoms with Crippen LogP contribution in [0.15, 0.2) is 29.3 Å². The third kappa shape index (κ3) is 8.73. The minimum absolute atomic E-state index is 0. The molecule has 7 heteroatoms. The standard InChI is InChI=1S/C19H29N3O3.HI/c1-19(2,3)25-17(23)12-22-18(20-4)21-11-15-7-5-6-8-16(15)24-13-14-9-10-14;/h5-8,14H,9-13H2,1-4H3,(H2,20,21,22);1H. The zero-order valence-electron chi connectivity index (χ0n) is 16.0. The average molecular weight is 475 g/mol. The normalized spacial score (nSPS) is 14.2. The number of nitrogens with zero attached hydrogens (tertiary/aromatic N) is 1. The molecule has 1 aromatic rings. The van der Waals surface area contributed by atoms with Gasteiger partial charge in [-0.2, -0.15) is 0 Å². The van der Waals surface area contributed by atoms with Gasteiger partial charge in [0.05, 0.1) is 6.61 Å². The Bertz CT molecular complexity index is 610. The lowest BCUT2D eigenvalue weighted by Crippen LogP contribution is -2.41. The lowest BCUT2D eigenvalue weighted by molar-refractivity contribution is -0.153. The number of hydrogen-bond donors (Lipinski definition) is 2. The van der Waals surface area contributed by atoms with Crippen molar-refractivity contribution < 1.29 is 14.3 Å². The molecule has 0 spiro atoms. The first-order valence-corrected chi connectivity index (χ1v) is 8.74. The fraction of sp³-hybridized carbons (Fsp3) is 0.579. The van der Waals surface area contributed by atoms with E-state index in [1.807, 2.05) is 45.0 Å². The van der Waals surface area contributed by atoms with Crippen LogP contribution >= 0.6 is 24.0 Å². The number of aliphatic imine (C=N–C) groups is 1. The molecule has 1 aliphatic rings. The van der Waals surface area contributed by atoms with Crippen LogP contribution in [-0.2, 0) is 16.1 Å². The number of benzene rings is 1. The summed E-state index contributed by atoms with van der Waals surface area (Å²) in [4.78, 5) is 15.9. The highest BCUT2D eigenvalue weighted by Crippen LogP contribution is 2.30. The molecule has 146 valence electrons. The SMILES string of the molecule is CN=C(NCC(=O)OC(C)(C)C)NCc1ccccc1OCC1CC1.I. The Morgan fingerprint density at radius 2 is 1.92 bits per heavy atom. The number of para-hydroxylation sites is 1. The number of halogens is 1. The Morgan fingerprint density at radius 1 is 1.23 bits per heavy atom. The van der Waals surface area contributed by atoms with E-state index in [0.717, 1.165) is 17.9 Å². The molecule has 2 N–H and O–H groups in total. The summed E-state index contributed by atoms with van der Waals surface area (Å²) < 4.78 is 11.2. The molecule has 0 atom stereocenters. The molecule has 1 aliphatic carbocycles. The number of hydrogen-bond acceptors (Lipinski definition) is 4. The molecule has 0 aromatic heterocycles. The van der Waals surface area contributed by atoms with Crippen molar-refractivity contribution in [2.45, 2.75) is 45.8 Å². The topological polar surface area (TPSA) is 72.0 Å². The fourth-order valence-corrected chi connectivity index (χ4v) is 2.22. The molecule has 0 saturated heterocycles. The van der Waals surface area contributed by atoms with Crippen LogP contribution in [0.3, 0.4) is 0 Å². The van der Waals surface area contributed by atoms with Gasteiger partial charge >= 0.3 is 5.97 Å². The van der Waals surface area contributed by atoms with E-state index in [9.17, 15) is 4.79 Å². The van der Waals surface area contributed by atoms with Gasteiger partial charge in [-0.05, 0) is 45.6 Å². The second-order valence-corrected chi connectivity index (χ2v) is 7.23. The predicted molar refractivity (Wildman–Crippen MR) is 114 cm³/mol. The van der Waals surface area contributed by atoms with E-state index >= 15 is 0 Å². The van der Waals surface area contributed by atoms with Crippen molar-refractivity contribution in [1.29, 1.82) is 0 Å². The molecule has 0 amide bonds. The van der Waals surface area contributed by atoms with Crippen molar-refractivity contribution >= 4 is 35.9 Å². The monoisotopic (exact) mass is 475 g/mol. The Morgan fingerprint density at radius 3 is 2.54 bits per heavy atom. The summed E-state index contributed by atoms with van der Waals surface area (Å²) in [6.07, 6.45) is 2.53. The van der Waals surface area contributed by atoms with Gasteiger partial charge < -0.3 is 20.1 Å². The van der Waals surface area contributed by atoms with Crippen LogP contribution in [0, 0.1) is 5.92 Å². The number of carbonyl (C=O) groups excluding carboxylic acids is 1. The fourth-order valence-electron chi connectivity index (χ4n) is 2.22. The molecule has 1 saturated carbocycles. The van der Waals surface area contributed by atoms with Crippen LogP contribution < -0.4 is 15.4 Å². The quantitative estimate of drug-likeness (QED) is 0.275. The van der Waals surface area contributed by atoms with Crippen LogP contribution in [0.1, 0.15) is 39.2 Å². The first kappa shape index (κ1) is 22.5. The second kappa shape index (κ2) is 10.6. The van der Waals surface area contributed by atoms with Gasteiger partial charge in [-0.3, -0.25) is 9.79 Å². The van der Waals surface area contributed by atoms with Crippen molar-refractivity contribution in [3.05, 3.63) is 29.8 Å². The number of rotatable bonds is 7. The Hall–Kier alpha value is -1.51. The van der Waals surface area contributed by atoms with Crippen molar-refractivity contribution in [3.63, 3.8) is 0 Å². The summed E-state index contributed by atoms with van der Waals surface area (Å²) >= 11 is 0. The summed E-state index contributed by atoms with van der Waals surface area (Å²) in [7, 11) is 1.67. The maximum atomic E-state index is 11.8. The molecule has 0 heterocycles. The molecule has 0 unspecified atom stereocenters. The van der Waals surface area contributed by atoms with Gasteiger partial charge in [0.2, 0.25) is 0 Å². The highest BCUT2D eigenvalue weighted by Gasteiger charge is 2.22. The summed E-state index contributed by atoms with van der Waals surface area (Å²) in [5, 5.41) is 6.16. The van der Waals surface area contributed by atoms with Crippen molar-refractivity contribution in [2.75, 3.05) is 20.2 Å². The van der Waals surface area contributed by atoms with Gasteiger partial charge in [-0.15, -0.1) is 24.0 Å². The third-order valence-corrected chi connectivity index (χ3v) is 3.63. The Kier molecular flexibility index (Phi) is 9.18. The molecule has 1 aromatic carbocycles. The number of ether oxygens (including phenoxy) is 2. The summed E-state index contributed by atoms with van der Waals surface area (Å²) in [5.41, 5.74) is 0.566. The van der Waals surface area contributed by atoms with Gasteiger partial charge in [-0.1, -0.05) is 18.2 Å². The largest absolute Gasteiger partial charge is 0.493 e. The molecular weight excluding hydrogens is 445 g/mol. The van der Waals surface area contributed by atoms with Crippen LogP contribution in [0.4, 0.5) is 0 Å². The van der Waals surface area contributed by atoms with E-state index < -0.39 is 5.60 Å². The van der Waals surface area contributed by atoms with Crippen LogP contribution in [0.2, 0.25) is 0 Å². The minimum atomic E-state index is -0.493. The summed E-state index contributed by atoms with van der Waals surface area (Å²) in [6, 6.07) is 7.96. The highest BCUT2D eigenvalue weighted by atomic mass is 127. The maximum absolute atomic E-state index is 11.8. The summed E-state index contributed by atoms with van der Waals surface area (Å²) in [5.74, 6) is 1.83. The number of guanidine groups is 1. The van der Waals surface area contributed by atoms with Crippen LogP contribution in [-0.4, -0.2) is 37.7 Å². The van der Waals surface area contributed by atoms with E-state index in [1.54, 1.807) is 7.05 Å². The molecular formula is C19H30IN3O3. The van der Waals surface area contributed by atoms with Gasteiger partial charge in [0.25, 0.3) is 0 Å². The third-order valence-electron chi connectivity index (χ3n) is 3.63. The molecule has 1 fully saturated rings. The van der Waals surface area contributed by atoms with Gasteiger partial charge in [0.15, 0.2) is 5.96 Å². The highest BCUT2D eigenvalue weighted by molar-refractivity contribution is 14.0. The lowest BCUT2D eigenvalue weighted by Gasteiger charge is -2.20. The van der Waals surface area contributed by atoms with E-state index in [4.69, 9.17) is 9.47 Å². The van der Waals surface area contributed by atoms with Crippen LogP contribution in [0.5, 0.6) is 5.75 Å². The average Bonchev–Trinajstić information content (AvgIpc) is 3.36. The summed E-state index contributed by atoms with van der Waals surface area (Å²) in [6.45, 7) is 6.94. The minimum Gasteiger partial charge on any atom is -0.493 e. The molecule has 2 rings (SSSR count). The molecule has 26 heavy (non-hydrogen) atoms. The number of esters is 1. The predicted octanol–water partition coefficient (Wildman–Crippen LogP) is 3.10. The zero-order chi connectivity index (χ0) is 18.3. The maximum Gasteiger partial charge on any atom is 0.325 e. The van der Waals surface area contributed by atoms with Crippen LogP contribution in [0.25, 0.3) is 0 Å². The van der Waals surface area contributed by atoms with E-state index in [1.165, 1.54) is 12.8 Å². The first-order valence-electron chi connectivity index (χ1n) is 8.74. The molecule has 6 nitrogen and oxygen atoms in total. The van der Waals surface area contributed by atoms with Gasteiger partial charge in [0.1, 0.15) is 17.9 Å². The number of carbonyl (C=O) groups is 1. The van der Waals surface area contributed by atoms with Crippen molar-refractivity contribution in [3.8, 4) is 5.75 Å². The van der Waals surface area contributed by atoms with Crippen molar-refractivity contribution in [1.82, 2.24) is 10.6 Å². The smallest absolute Gasteiger partial charge is 0.325 e. The van der Waals surface area contributed by atoms with E-state index in [2.05, 4.69) is 15.6 Å². The second-order valence-electron chi connectivity index (χ2n) is 7.23. The van der Waals surface area contributed by atoms with Crippen molar-refractivity contribution in [2.24, 2.45) is 10.9 Å². The van der Waals surface area contributed by atoms with Gasteiger partial charge in [0, 0.05) is 19.2 Å². The first-order chi connectivity index (χ1) is 11.9. The Labute approximate surface area is 173 Å². The lowest BCUT2D eigenvalue weighted by atomic mass is 10.2. The molecule has 0 radical (unpaired) electrons. The van der Waals surface area contributed by atoms with E-state index in [0.29, 0.717) is 18.4 Å². The van der Waals surface area contributed by atoms with Gasteiger partial charge in [-0.25, -0.2) is 0 Å². The molecule has 0 bridgehead atoms. The zero-order valence-corrected chi connectivity index (χ0v) is 18.3. The molecule has 0 aliphatic heterocycles.